The molecule has 3 aromatic rings. The summed E-state index contributed by atoms with van der Waals surface area (Å²) in [4.78, 5) is 42.3. The first-order chi connectivity index (χ1) is 13.4. The Morgan fingerprint density at radius 3 is 2.29 bits per heavy atom. The number of H-pyrrole nitrogens is 2. The molecule has 1 saturated heterocycles. The maximum absolute atomic E-state index is 12.9. The first-order valence-corrected chi connectivity index (χ1v) is 10.8. The van der Waals surface area contributed by atoms with Gasteiger partial charge in [-0.2, -0.15) is 4.31 Å². The number of hydrogen-bond acceptors (Lipinski definition) is 6. The summed E-state index contributed by atoms with van der Waals surface area (Å²) in [6, 6.07) is 7.70. The largest absolute Gasteiger partial charge is 0.335 e. The number of sulfonamides is 1. The lowest BCUT2D eigenvalue weighted by atomic mass is 10.3. The number of benzene rings is 1. The summed E-state index contributed by atoms with van der Waals surface area (Å²) in [7, 11) is -3.80. The number of nitrogens with zero attached hydrogens (tertiary/aromatic N) is 2. The molecule has 2 aromatic heterocycles. The van der Waals surface area contributed by atoms with Crippen molar-refractivity contribution >= 4 is 38.3 Å². The zero-order valence-corrected chi connectivity index (χ0v) is 16.2. The van der Waals surface area contributed by atoms with Crippen LogP contribution in [-0.4, -0.2) is 59.7 Å². The number of rotatable bonds is 3. The van der Waals surface area contributed by atoms with E-state index in [9.17, 15) is 22.8 Å². The zero-order valence-electron chi connectivity index (χ0n) is 14.5. The molecular formula is C17H16N4O5S2. The van der Waals surface area contributed by atoms with Gasteiger partial charge in [0.15, 0.2) is 0 Å². The van der Waals surface area contributed by atoms with Crippen LogP contribution in [0.15, 0.2) is 50.2 Å². The molecule has 0 atom stereocenters. The maximum atomic E-state index is 12.9. The number of carbonyl (C=O) groups is 1. The second-order valence-electron chi connectivity index (χ2n) is 6.29. The van der Waals surface area contributed by atoms with E-state index in [1.165, 1.54) is 33.8 Å². The molecule has 0 spiro atoms. The highest BCUT2D eigenvalue weighted by atomic mass is 32.2. The summed E-state index contributed by atoms with van der Waals surface area (Å²) < 4.78 is 27.2. The average molecular weight is 420 g/mol. The molecule has 2 N–H and O–H groups in total. The number of aromatic nitrogens is 2. The van der Waals surface area contributed by atoms with Crippen LogP contribution in [0.4, 0.5) is 0 Å². The van der Waals surface area contributed by atoms with E-state index in [-0.39, 0.29) is 29.4 Å². The van der Waals surface area contributed by atoms with Crippen molar-refractivity contribution in [1.82, 2.24) is 19.2 Å². The van der Waals surface area contributed by atoms with Gasteiger partial charge < -0.3 is 14.9 Å². The second kappa shape index (κ2) is 7.00. The Kier molecular flexibility index (Phi) is 4.65. The van der Waals surface area contributed by atoms with E-state index in [4.69, 9.17) is 0 Å². The minimum absolute atomic E-state index is 0.0146. The van der Waals surface area contributed by atoms with E-state index in [0.717, 1.165) is 0 Å². The van der Waals surface area contributed by atoms with Crippen LogP contribution in [0.2, 0.25) is 0 Å². The summed E-state index contributed by atoms with van der Waals surface area (Å²) in [5, 5.41) is 1.82. The predicted molar refractivity (Wildman–Crippen MR) is 104 cm³/mol. The van der Waals surface area contributed by atoms with Crippen molar-refractivity contribution in [3.05, 3.63) is 61.3 Å². The number of piperazine rings is 1. The Morgan fingerprint density at radius 1 is 0.964 bits per heavy atom. The SMILES string of the molecule is O=C(c1cccs1)N1CCN(S(=O)(=O)c2ccc3[nH]c(=O)c(=O)[nH]c3c2)CC1. The number of nitrogens with one attached hydrogen (secondary N) is 2. The minimum atomic E-state index is -3.80. The van der Waals surface area contributed by atoms with Gasteiger partial charge in [0.2, 0.25) is 10.0 Å². The lowest BCUT2D eigenvalue weighted by Gasteiger charge is -2.33. The third-order valence-electron chi connectivity index (χ3n) is 4.59. The number of thiophene rings is 1. The van der Waals surface area contributed by atoms with Gasteiger partial charge >= 0.3 is 11.1 Å². The normalized spacial score (nSPS) is 15.8. The first-order valence-electron chi connectivity index (χ1n) is 8.45. The van der Waals surface area contributed by atoms with Crippen LogP contribution in [-0.2, 0) is 10.0 Å². The van der Waals surface area contributed by atoms with Gasteiger partial charge in [0.25, 0.3) is 5.91 Å². The lowest BCUT2D eigenvalue weighted by molar-refractivity contribution is 0.0703. The summed E-state index contributed by atoms with van der Waals surface area (Å²) >= 11 is 1.35. The fourth-order valence-electron chi connectivity index (χ4n) is 3.09. The molecule has 11 heteroatoms. The monoisotopic (exact) mass is 420 g/mol. The molecule has 0 bridgehead atoms. The van der Waals surface area contributed by atoms with Gasteiger partial charge in [-0.1, -0.05) is 6.07 Å². The number of fused-ring (bicyclic) bond motifs is 1. The Balaban J connectivity index is 1.55. The van der Waals surface area contributed by atoms with Crippen molar-refractivity contribution in [3.63, 3.8) is 0 Å². The van der Waals surface area contributed by atoms with Crippen molar-refractivity contribution in [2.45, 2.75) is 4.90 Å². The van der Waals surface area contributed by atoms with Gasteiger partial charge in [-0.15, -0.1) is 11.3 Å². The van der Waals surface area contributed by atoms with Gasteiger partial charge in [-0.05, 0) is 29.6 Å². The van der Waals surface area contributed by atoms with Crippen LogP contribution >= 0.6 is 11.3 Å². The van der Waals surface area contributed by atoms with Crippen LogP contribution in [0.1, 0.15) is 9.67 Å². The van der Waals surface area contributed by atoms with E-state index >= 15 is 0 Å². The average Bonchev–Trinajstić information content (AvgIpc) is 3.23. The predicted octanol–water partition coefficient (Wildman–Crippen LogP) is 0.425. The highest BCUT2D eigenvalue weighted by Crippen LogP contribution is 2.21. The Labute approximate surface area is 163 Å². The van der Waals surface area contributed by atoms with E-state index in [1.807, 2.05) is 5.38 Å². The number of carbonyl (C=O) groups excluding carboxylic acids is 1. The molecule has 0 unspecified atom stereocenters. The molecule has 0 aliphatic carbocycles. The van der Waals surface area contributed by atoms with E-state index < -0.39 is 21.1 Å². The lowest BCUT2D eigenvalue weighted by Crippen LogP contribution is -2.50. The van der Waals surface area contributed by atoms with Gasteiger partial charge in [-0.25, -0.2) is 8.42 Å². The molecule has 0 radical (unpaired) electrons. The highest BCUT2D eigenvalue weighted by molar-refractivity contribution is 7.89. The molecule has 1 fully saturated rings. The summed E-state index contributed by atoms with van der Waals surface area (Å²) in [6.45, 7) is 0.959. The molecular weight excluding hydrogens is 404 g/mol. The summed E-state index contributed by atoms with van der Waals surface area (Å²) in [5.41, 5.74) is -1.07. The van der Waals surface area contributed by atoms with Crippen LogP contribution < -0.4 is 11.1 Å². The second-order valence-corrected chi connectivity index (χ2v) is 9.17. The summed E-state index contributed by atoms with van der Waals surface area (Å²) in [6.07, 6.45) is 0. The minimum Gasteiger partial charge on any atom is -0.335 e. The van der Waals surface area contributed by atoms with Crippen LogP contribution in [0, 0.1) is 0 Å². The van der Waals surface area contributed by atoms with Crippen LogP contribution in [0.3, 0.4) is 0 Å². The molecule has 1 aliphatic heterocycles. The van der Waals surface area contributed by atoms with Crippen molar-refractivity contribution in [1.29, 1.82) is 0 Å². The fraction of sp³-hybridized carbons (Fsp3) is 0.235. The molecule has 9 nitrogen and oxygen atoms in total. The smallest absolute Gasteiger partial charge is 0.314 e. The number of amides is 1. The quantitative estimate of drug-likeness (QED) is 0.595. The molecule has 0 saturated carbocycles. The maximum Gasteiger partial charge on any atom is 0.314 e. The fourth-order valence-corrected chi connectivity index (χ4v) is 5.23. The molecule has 1 aliphatic rings. The Morgan fingerprint density at radius 2 is 1.64 bits per heavy atom. The van der Waals surface area contributed by atoms with E-state index in [1.54, 1.807) is 17.0 Å². The van der Waals surface area contributed by atoms with Gasteiger partial charge in [0.1, 0.15) is 0 Å². The van der Waals surface area contributed by atoms with E-state index in [2.05, 4.69) is 9.97 Å². The molecule has 146 valence electrons. The van der Waals surface area contributed by atoms with Gasteiger partial charge in [-0.3, -0.25) is 14.4 Å². The first kappa shape index (κ1) is 18.6. The third-order valence-corrected chi connectivity index (χ3v) is 7.34. The Hall–Kier alpha value is -2.76. The van der Waals surface area contributed by atoms with Crippen molar-refractivity contribution < 1.29 is 13.2 Å². The third kappa shape index (κ3) is 3.28. The van der Waals surface area contributed by atoms with Crippen LogP contribution in [0.5, 0.6) is 0 Å². The van der Waals surface area contributed by atoms with E-state index in [0.29, 0.717) is 23.5 Å². The van der Waals surface area contributed by atoms with Gasteiger partial charge in [0.05, 0.1) is 20.8 Å². The molecule has 1 aromatic carbocycles. The van der Waals surface area contributed by atoms with Crippen LogP contribution in [0.25, 0.3) is 11.0 Å². The molecule has 28 heavy (non-hydrogen) atoms. The topological polar surface area (TPSA) is 123 Å². The Bertz CT molecular complexity index is 1250. The molecule has 1 amide bonds. The number of hydrogen-bond donors (Lipinski definition) is 2. The molecule has 3 heterocycles. The van der Waals surface area contributed by atoms with Gasteiger partial charge in [0, 0.05) is 26.2 Å². The van der Waals surface area contributed by atoms with Crippen molar-refractivity contribution in [2.75, 3.05) is 26.2 Å². The number of aromatic amines is 2. The molecule has 4 rings (SSSR count). The highest BCUT2D eigenvalue weighted by Gasteiger charge is 2.30. The van der Waals surface area contributed by atoms with Crippen molar-refractivity contribution in [3.8, 4) is 0 Å². The zero-order chi connectivity index (χ0) is 19.9. The van der Waals surface area contributed by atoms with Crippen molar-refractivity contribution in [2.24, 2.45) is 0 Å². The summed E-state index contributed by atoms with van der Waals surface area (Å²) in [5.74, 6) is -0.0979. The standard InChI is InChI=1S/C17H16N4O5S2/c22-15-16(23)19-13-10-11(3-4-12(13)18-15)28(25,26)21-7-5-20(6-8-21)17(24)14-2-1-9-27-14/h1-4,9-10H,5-8H2,(H,18,22)(H,19,23).